The molecule has 1 heterocycles. The van der Waals surface area contributed by atoms with Gasteiger partial charge in [-0.3, -0.25) is 0 Å². The van der Waals surface area contributed by atoms with E-state index >= 15 is 0 Å². The van der Waals surface area contributed by atoms with Gasteiger partial charge < -0.3 is 9.40 Å². The standard InChI is InChI=1S/C10H6F3NOS/c11-10(12,13)7-3-1-6(2-4-7)8-5-15-9(16)14-8/h1-5H,(H,14,16). The first-order valence-corrected chi connectivity index (χ1v) is 4.73. The second-order valence-corrected chi connectivity index (χ2v) is 3.51. The van der Waals surface area contributed by atoms with Crippen molar-refractivity contribution < 1.29 is 17.6 Å². The summed E-state index contributed by atoms with van der Waals surface area (Å²) in [4.78, 5) is 2.91. The summed E-state index contributed by atoms with van der Waals surface area (Å²) in [6, 6.07) is 4.75. The van der Waals surface area contributed by atoms with Crippen LogP contribution in [0.4, 0.5) is 13.2 Å². The predicted octanol–water partition coefficient (Wildman–Crippen LogP) is 4.02. The smallest absolute Gasteiger partial charge is 0.416 e. The Morgan fingerprint density at radius 3 is 2.19 bits per heavy atom. The lowest BCUT2D eigenvalue weighted by Gasteiger charge is -2.06. The molecule has 1 aromatic carbocycles. The van der Waals surface area contributed by atoms with Gasteiger partial charge in [-0.25, -0.2) is 0 Å². The first-order chi connectivity index (χ1) is 7.47. The number of benzene rings is 1. The highest BCUT2D eigenvalue weighted by Gasteiger charge is 2.29. The Kier molecular flexibility index (Phi) is 2.59. The van der Waals surface area contributed by atoms with Gasteiger partial charge in [0.25, 0.3) is 4.84 Å². The van der Waals surface area contributed by atoms with Gasteiger partial charge in [0, 0.05) is 5.56 Å². The van der Waals surface area contributed by atoms with Gasteiger partial charge in [-0.05, 0) is 24.4 Å². The Morgan fingerprint density at radius 2 is 1.75 bits per heavy atom. The van der Waals surface area contributed by atoms with Gasteiger partial charge in [-0.1, -0.05) is 12.1 Å². The fraction of sp³-hybridized carbons (Fsp3) is 0.100. The molecule has 1 N–H and O–H groups in total. The molecule has 1 aromatic heterocycles. The number of aromatic amines is 1. The third-order valence-corrected chi connectivity index (χ3v) is 2.24. The summed E-state index contributed by atoms with van der Waals surface area (Å²) in [7, 11) is 0. The molecule has 16 heavy (non-hydrogen) atoms. The molecule has 6 heteroatoms. The van der Waals surface area contributed by atoms with Crippen LogP contribution in [0.5, 0.6) is 0 Å². The maximum Gasteiger partial charge on any atom is 0.416 e. The molecule has 2 rings (SSSR count). The van der Waals surface area contributed by atoms with Gasteiger partial charge in [0.1, 0.15) is 6.26 Å². The van der Waals surface area contributed by atoms with Gasteiger partial charge in [0.05, 0.1) is 11.3 Å². The van der Waals surface area contributed by atoms with Crippen LogP contribution in [-0.2, 0) is 6.18 Å². The first-order valence-electron chi connectivity index (χ1n) is 4.32. The largest absolute Gasteiger partial charge is 0.437 e. The Morgan fingerprint density at radius 1 is 1.12 bits per heavy atom. The molecule has 0 amide bonds. The number of H-pyrrole nitrogens is 1. The molecule has 0 saturated carbocycles. The van der Waals surface area contributed by atoms with Crippen LogP contribution < -0.4 is 0 Å². The number of hydrogen-bond acceptors (Lipinski definition) is 2. The lowest BCUT2D eigenvalue weighted by atomic mass is 10.1. The summed E-state index contributed by atoms with van der Waals surface area (Å²) in [5.74, 6) is 0. The summed E-state index contributed by atoms with van der Waals surface area (Å²) in [5.41, 5.74) is 0.463. The van der Waals surface area contributed by atoms with E-state index in [4.69, 9.17) is 16.6 Å². The van der Waals surface area contributed by atoms with Crippen molar-refractivity contribution in [3.05, 3.63) is 40.9 Å². The molecule has 0 spiro atoms. The third-order valence-electron chi connectivity index (χ3n) is 2.04. The van der Waals surface area contributed by atoms with Crippen LogP contribution in [0.1, 0.15) is 5.56 Å². The Bertz CT molecular complexity index is 538. The molecule has 84 valence electrons. The monoisotopic (exact) mass is 245 g/mol. The van der Waals surface area contributed by atoms with Gasteiger partial charge in [-0.2, -0.15) is 13.2 Å². The molecule has 0 aliphatic carbocycles. The highest BCUT2D eigenvalue weighted by Crippen LogP contribution is 2.30. The van der Waals surface area contributed by atoms with Crippen molar-refractivity contribution in [1.29, 1.82) is 0 Å². The second-order valence-electron chi connectivity index (χ2n) is 3.14. The van der Waals surface area contributed by atoms with E-state index in [0.717, 1.165) is 12.1 Å². The molecule has 0 fully saturated rings. The predicted molar refractivity (Wildman–Crippen MR) is 54.3 cm³/mol. The van der Waals surface area contributed by atoms with Crippen LogP contribution in [0.2, 0.25) is 0 Å². The molecule has 0 aliphatic heterocycles. The van der Waals surface area contributed by atoms with E-state index in [1.54, 1.807) is 0 Å². The molecule has 0 bridgehead atoms. The summed E-state index contributed by atoms with van der Waals surface area (Å²) in [6.07, 6.45) is -2.95. The molecule has 0 atom stereocenters. The Labute approximate surface area is 93.7 Å². The zero-order valence-electron chi connectivity index (χ0n) is 7.84. The van der Waals surface area contributed by atoms with Gasteiger partial charge in [0.2, 0.25) is 0 Å². The van der Waals surface area contributed by atoms with Crippen LogP contribution in [0.3, 0.4) is 0 Å². The average Bonchev–Trinajstić information content (AvgIpc) is 2.64. The number of halogens is 3. The van der Waals surface area contributed by atoms with E-state index in [1.807, 2.05) is 0 Å². The maximum absolute atomic E-state index is 12.3. The highest BCUT2D eigenvalue weighted by atomic mass is 32.1. The van der Waals surface area contributed by atoms with Gasteiger partial charge >= 0.3 is 6.18 Å². The van der Waals surface area contributed by atoms with Gasteiger partial charge in [-0.15, -0.1) is 0 Å². The molecular weight excluding hydrogens is 239 g/mol. The zero-order chi connectivity index (χ0) is 11.8. The number of aromatic nitrogens is 1. The zero-order valence-corrected chi connectivity index (χ0v) is 8.65. The van der Waals surface area contributed by atoms with Crippen molar-refractivity contribution in [1.82, 2.24) is 4.98 Å². The molecular formula is C10H6F3NOS. The molecule has 0 saturated heterocycles. The minimum absolute atomic E-state index is 0.190. The van der Waals surface area contributed by atoms with Crippen molar-refractivity contribution in [3.8, 4) is 11.3 Å². The summed E-state index contributed by atoms with van der Waals surface area (Å²) >= 11 is 4.72. The normalized spacial score (nSPS) is 11.7. The van der Waals surface area contributed by atoms with Crippen molar-refractivity contribution in [3.63, 3.8) is 0 Å². The van der Waals surface area contributed by atoms with E-state index in [1.165, 1.54) is 18.4 Å². The Balaban J connectivity index is 2.36. The molecule has 0 aliphatic rings. The van der Waals surface area contributed by atoms with Crippen molar-refractivity contribution >= 4 is 12.2 Å². The average molecular weight is 245 g/mol. The van der Waals surface area contributed by atoms with E-state index < -0.39 is 11.7 Å². The van der Waals surface area contributed by atoms with Crippen LogP contribution in [0.25, 0.3) is 11.3 Å². The number of oxazole rings is 1. The van der Waals surface area contributed by atoms with E-state index in [9.17, 15) is 13.2 Å². The summed E-state index contributed by atoms with van der Waals surface area (Å²) < 4.78 is 41.7. The number of alkyl halides is 3. The quantitative estimate of drug-likeness (QED) is 0.768. The highest BCUT2D eigenvalue weighted by molar-refractivity contribution is 7.71. The van der Waals surface area contributed by atoms with Crippen molar-refractivity contribution in [2.24, 2.45) is 0 Å². The third kappa shape index (κ3) is 2.16. The fourth-order valence-electron chi connectivity index (χ4n) is 1.26. The molecule has 0 unspecified atom stereocenters. The van der Waals surface area contributed by atoms with Crippen molar-refractivity contribution in [2.75, 3.05) is 0 Å². The van der Waals surface area contributed by atoms with Crippen LogP contribution >= 0.6 is 12.2 Å². The lowest BCUT2D eigenvalue weighted by Crippen LogP contribution is -2.03. The maximum atomic E-state index is 12.3. The summed E-state index contributed by atoms with van der Waals surface area (Å²) in [5, 5.41) is 0. The molecule has 2 aromatic rings. The van der Waals surface area contributed by atoms with E-state index in [2.05, 4.69) is 4.98 Å². The van der Waals surface area contributed by atoms with Crippen LogP contribution in [0.15, 0.2) is 34.9 Å². The fourth-order valence-corrected chi connectivity index (χ4v) is 1.42. The first kappa shape index (κ1) is 10.9. The van der Waals surface area contributed by atoms with Crippen LogP contribution in [0, 0.1) is 4.84 Å². The number of hydrogen-bond donors (Lipinski definition) is 1. The topological polar surface area (TPSA) is 28.9 Å². The summed E-state index contributed by atoms with van der Waals surface area (Å²) in [6.45, 7) is 0. The number of rotatable bonds is 1. The minimum Gasteiger partial charge on any atom is -0.437 e. The van der Waals surface area contributed by atoms with Crippen molar-refractivity contribution in [2.45, 2.75) is 6.18 Å². The van der Waals surface area contributed by atoms with E-state index in [0.29, 0.717) is 11.3 Å². The van der Waals surface area contributed by atoms with E-state index in [-0.39, 0.29) is 4.84 Å². The second kappa shape index (κ2) is 3.79. The SMILES string of the molecule is FC(F)(F)c1ccc(-c2coc(=S)[nH]2)cc1. The minimum atomic E-state index is -4.32. The number of nitrogens with one attached hydrogen (secondary N) is 1. The van der Waals surface area contributed by atoms with Gasteiger partial charge in [0.15, 0.2) is 0 Å². The Hall–Kier alpha value is -1.56. The molecule has 0 radical (unpaired) electrons. The lowest BCUT2D eigenvalue weighted by molar-refractivity contribution is -0.137. The van der Waals surface area contributed by atoms with Crippen LogP contribution in [-0.4, -0.2) is 4.98 Å². The molecule has 2 nitrogen and oxygen atoms in total.